The molecule has 0 unspecified atom stereocenters. The lowest BCUT2D eigenvalue weighted by atomic mass is 9.84. The van der Waals surface area contributed by atoms with Crippen LogP contribution in [0, 0.1) is 5.41 Å². The van der Waals surface area contributed by atoms with Gasteiger partial charge in [-0.15, -0.1) is 0 Å². The third-order valence-corrected chi connectivity index (χ3v) is 2.03. The van der Waals surface area contributed by atoms with Gasteiger partial charge in [-0.05, 0) is 19.4 Å². The van der Waals surface area contributed by atoms with E-state index >= 15 is 0 Å². The summed E-state index contributed by atoms with van der Waals surface area (Å²) in [4.78, 5) is 20.3. The van der Waals surface area contributed by atoms with Crippen LogP contribution >= 0.6 is 0 Å². The highest BCUT2D eigenvalue weighted by Gasteiger charge is 2.21. The molecule has 16 heavy (non-hydrogen) atoms. The average Bonchev–Trinajstić information content (AvgIpc) is 2.21. The highest BCUT2D eigenvalue weighted by atomic mass is 16.1. The Labute approximate surface area is 100 Å². The number of carbonyl (C=O) groups is 2. The van der Waals surface area contributed by atoms with Gasteiger partial charge in [0.05, 0.1) is 0 Å². The second-order valence-corrected chi connectivity index (χ2v) is 3.80. The molecule has 3 heteroatoms. The summed E-state index contributed by atoms with van der Waals surface area (Å²) in [5.74, 6) is -0.186. The van der Waals surface area contributed by atoms with Crippen LogP contribution < -0.4 is 5.73 Å². The molecule has 0 heterocycles. The van der Waals surface area contributed by atoms with Crippen molar-refractivity contribution in [2.24, 2.45) is 11.1 Å². The molecule has 0 saturated carbocycles. The number of primary amides is 1. The zero-order valence-corrected chi connectivity index (χ0v) is 11.6. The minimum absolute atomic E-state index is 0.0885. The van der Waals surface area contributed by atoms with Crippen molar-refractivity contribution < 1.29 is 9.59 Å². The number of ketones is 1. The fraction of sp³-hybridized carbons (Fsp3) is 0.692. The Morgan fingerprint density at radius 1 is 1.31 bits per heavy atom. The van der Waals surface area contributed by atoms with E-state index in [0.717, 1.165) is 18.9 Å². The van der Waals surface area contributed by atoms with Crippen LogP contribution in [-0.4, -0.2) is 11.7 Å². The first-order chi connectivity index (χ1) is 7.27. The second-order valence-electron chi connectivity index (χ2n) is 3.80. The Morgan fingerprint density at radius 2 is 1.62 bits per heavy atom. The van der Waals surface area contributed by atoms with Gasteiger partial charge in [0.1, 0.15) is 5.78 Å². The van der Waals surface area contributed by atoms with Gasteiger partial charge in [0, 0.05) is 5.41 Å². The van der Waals surface area contributed by atoms with Gasteiger partial charge >= 0.3 is 0 Å². The van der Waals surface area contributed by atoms with Crippen LogP contribution in [0.4, 0.5) is 0 Å². The van der Waals surface area contributed by atoms with Crippen molar-refractivity contribution >= 4 is 11.7 Å². The first kappa shape index (κ1) is 20.3. The van der Waals surface area contributed by atoms with Gasteiger partial charge in [0.2, 0.25) is 5.91 Å². The van der Waals surface area contributed by atoms with Gasteiger partial charge in [-0.2, -0.15) is 0 Å². The summed E-state index contributed by atoms with van der Waals surface area (Å²) in [5.41, 5.74) is 4.45. The van der Waals surface area contributed by atoms with E-state index in [-0.39, 0.29) is 5.41 Å². The SMILES string of the molecule is C=CC(N)=O.CC.CCCC(C)(C)C(C)=O. The van der Waals surface area contributed by atoms with Crippen molar-refractivity contribution in [3.05, 3.63) is 12.7 Å². The van der Waals surface area contributed by atoms with Crippen LogP contribution in [0.2, 0.25) is 0 Å². The molecule has 0 aliphatic heterocycles. The number of carbonyl (C=O) groups excluding carboxylic acids is 2. The summed E-state index contributed by atoms with van der Waals surface area (Å²) in [6, 6.07) is 0. The number of nitrogens with two attached hydrogens (primary N) is 1. The topological polar surface area (TPSA) is 60.2 Å². The molecule has 1 amide bonds. The van der Waals surface area contributed by atoms with Crippen LogP contribution in [0.25, 0.3) is 0 Å². The average molecular weight is 229 g/mol. The van der Waals surface area contributed by atoms with Crippen molar-refractivity contribution in [3.8, 4) is 0 Å². The van der Waals surface area contributed by atoms with Crippen molar-refractivity contribution in [1.82, 2.24) is 0 Å². The lowest BCUT2D eigenvalue weighted by molar-refractivity contribution is -0.125. The van der Waals surface area contributed by atoms with E-state index in [1.165, 1.54) is 0 Å². The summed E-state index contributed by atoms with van der Waals surface area (Å²) in [7, 11) is 0. The summed E-state index contributed by atoms with van der Waals surface area (Å²) >= 11 is 0. The summed E-state index contributed by atoms with van der Waals surface area (Å²) in [6.07, 6.45) is 3.15. The predicted molar refractivity (Wildman–Crippen MR) is 70.1 cm³/mol. The van der Waals surface area contributed by atoms with Crippen LogP contribution in [-0.2, 0) is 9.59 Å². The first-order valence-electron chi connectivity index (χ1n) is 5.70. The van der Waals surface area contributed by atoms with E-state index in [1.54, 1.807) is 6.92 Å². The molecular formula is C13H27NO2. The largest absolute Gasteiger partial charge is 0.366 e. The molecule has 0 saturated heterocycles. The fourth-order valence-corrected chi connectivity index (χ4v) is 0.801. The Morgan fingerprint density at radius 3 is 1.69 bits per heavy atom. The van der Waals surface area contributed by atoms with E-state index in [2.05, 4.69) is 19.2 Å². The van der Waals surface area contributed by atoms with E-state index < -0.39 is 5.91 Å². The lowest BCUT2D eigenvalue weighted by Gasteiger charge is -2.19. The maximum absolute atomic E-state index is 10.9. The smallest absolute Gasteiger partial charge is 0.240 e. The van der Waals surface area contributed by atoms with Gasteiger partial charge in [0.15, 0.2) is 0 Å². The molecule has 0 aromatic rings. The minimum Gasteiger partial charge on any atom is -0.366 e. The predicted octanol–water partition coefficient (Wildman–Crippen LogP) is 3.09. The van der Waals surface area contributed by atoms with E-state index in [9.17, 15) is 9.59 Å². The molecule has 0 spiro atoms. The molecule has 0 aliphatic rings. The van der Waals surface area contributed by atoms with Crippen LogP contribution in [0.15, 0.2) is 12.7 Å². The van der Waals surface area contributed by atoms with Crippen molar-refractivity contribution in [3.63, 3.8) is 0 Å². The Kier molecular flexibility index (Phi) is 15.2. The normalized spacial score (nSPS) is 8.88. The Balaban J connectivity index is -0.000000205. The number of rotatable bonds is 4. The molecule has 3 nitrogen and oxygen atoms in total. The van der Waals surface area contributed by atoms with Crippen LogP contribution in [0.5, 0.6) is 0 Å². The number of Topliss-reactive ketones (excluding diaryl/α,β-unsaturated/α-hetero) is 1. The van der Waals surface area contributed by atoms with Crippen molar-refractivity contribution in [1.29, 1.82) is 0 Å². The van der Waals surface area contributed by atoms with Crippen LogP contribution in [0.3, 0.4) is 0 Å². The molecule has 0 fully saturated rings. The van der Waals surface area contributed by atoms with Gasteiger partial charge in [0.25, 0.3) is 0 Å². The molecule has 96 valence electrons. The van der Waals surface area contributed by atoms with E-state index in [1.807, 2.05) is 27.7 Å². The number of hydrogen-bond acceptors (Lipinski definition) is 2. The second kappa shape index (κ2) is 12.0. The molecule has 0 aliphatic carbocycles. The Bertz CT molecular complexity index is 208. The van der Waals surface area contributed by atoms with Gasteiger partial charge < -0.3 is 5.73 Å². The Hall–Kier alpha value is -1.12. The molecule has 0 aromatic heterocycles. The zero-order valence-electron chi connectivity index (χ0n) is 11.6. The first-order valence-corrected chi connectivity index (χ1v) is 5.70. The van der Waals surface area contributed by atoms with E-state index in [0.29, 0.717) is 5.78 Å². The molecular weight excluding hydrogens is 202 g/mol. The molecule has 0 rings (SSSR count). The third kappa shape index (κ3) is 15.4. The minimum atomic E-state index is -0.481. The maximum Gasteiger partial charge on any atom is 0.240 e. The summed E-state index contributed by atoms with van der Waals surface area (Å²) in [5, 5.41) is 0. The number of amides is 1. The fourth-order valence-electron chi connectivity index (χ4n) is 0.801. The quantitative estimate of drug-likeness (QED) is 0.753. The molecule has 0 aromatic carbocycles. The monoisotopic (exact) mass is 229 g/mol. The summed E-state index contributed by atoms with van der Waals surface area (Å²) < 4.78 is 0. The summed E-state index contributed by atoms with van der Waals surface area (Å²) in [6.45, 7) is 14.8. The lowest BCUT2D eigenvalue weighted by Crippen LogP contribution is -2.20. The van der Waals surface area contributed by atoms with Crippen molar-refractivity contribution in [2.45, 2.75) is 54.4 Å². The maximum atomic E-state index is 10.9. The molecule has 0 radical (unpaired) electrons. The standard InChI is InChI=1S/C8H16O.C3H5NO.C2H6/c1-5-6-8(3,4)7(2)9;1-2-3(4)5;1-2/h5-6H2,1-4H3;2H,1H2,(H2,4,5);1-2H3. The highest BCUT2D eigenvalue weighted by molar-refractivity contribution is 5.85. The van der Waals surface area contributed by atoms with Gasteiger partial charge in [-0.3, -0.25) is 9.59 Å². The molecule has 0 bridgehead atoms. The molecule has 2 N–H and O–H groups in total. The van der Waals surface area contributed by atoms with Gasteiger partial charge in [-0.25, -0.2) is 0 Å². The van der Waals surface area contributed by atoms with Gasteiger partial charge in [-0.1, -0.05) is 47.6 Å². The van der Waals surface area contributed by atoms with E-state index in [4.69, 9.17) is 0 Å². The molecule has 0 atom stereocenters. The number of hydrogen-bond donors (Lipinski definition) is 1. The third-order valence-electron chi connectivity index (χ3n) is 2.03. The van der Waals surface area contributed by atoms with Crippen LogP contribution in [0.1, 0.15) is 54.4 Å². The van der Waals surface area contributed by atoms with Crippen molar-refractivity contribution in [2.75, 3.05) is 0 Å². The zero-order chi connectivity index (χ0) is 13.8. The highest BCUT2D eigenvalue weighted by Crippen LogP contribution is 2.22.